The predicted octanol–water partition coefficient (Wildman–Crippen LogP) is 0.483. The summed E-state index contributed by atoms with van der Waals surface area (Å²) in [5.41, 5.74) is 0.637. The van der Waals surface area contributed by atoms with Gasteiger partial charge in [0.05, 0.1) is 11.1 Å². The molecule has 1 amide bonds. The quantitative estimate of drug-likeness (QED) is 0.691. The van der Waals surface area contributed by atoms with E-state index >= 15 is 0 Å². The SMILES string of the molecule is N#Cc1ccc(NCCNC(=O)c2ccc(=O)[nH]c2)nc1. The van der Waals surface area contributed by atoms with E-state index in [2.05, 4.69) is 20.6 Å². The third-order valence-corrected chi connectivity index (χ3v) is 2.66. The molecular formula is C14H13N5O2. The van der Waals surface area contributed by atoms with Crippen molar-refractivity contribution in [1.82, 2.24) is 15.3 Å². The fourth-order valence-electron chi connectivity index (χ4n) is 1.59. The number of hydrogen-bond acceptors (Lipinski definition) is 5. The molecule has 21 heavy (non-hydrogen) atoms. The van der Waals surface area contributed by atoms with Gasteiger partial charge in [-0.05, 0) is 18.2 Å². The Labute approximate surface area is 120 Å². The first-order chi connectivity index (χ1) is 10.2. The van der Waals surface area contributed by atoms with E-state index in [9.17, 15) is 9.59 Å². The lowest BCUT2D eigenvalue weighted by Gasteiger charge is -2.07. The molecule has 3 N–H and O–H groups in total. The molecule has 0 radical (unpaired) electrons. The minimum absolute atomic E-state index is 0.250. The Bertz CT molecular complexity index is 695. The van der Waals surface area contributed by atoms with Gasteiger partial charge in [0, 0.05) is 31.5 Å². The Morgan fingerprint density at radius 1 is 1.29 bits per heavy atom. The molecular weight excluding hydrogens is 270 g/mol. The van der Waals surface area contributed by atoms with E-state index in [1.807, 2.05) is 6.07 Å². The van der Waals surface area contributed by atoms with Crippen LogP contribution in [-0.2, 0) is 0 Å². The molecule has 0 fully saturated rings. The van der Waals surface area contributed by atoms with Crippen LogP contribution in [0.1, 0.15) is 15.9 Å². The van der Waals surface area contributed by atoms with Crippen LogP contribution < -0.4 is 16.2 Å². The van der Waals surface area contributed by atoms with E-state index in [-0.39, 0.29) is 11.5 Å². The van der Waals surface area contributed by atoms with Crippen LogP contribution >= 0.6 is 0 Å². The Morgan fingerprint density at radius 2 is 2.14 bits per heavy atom. The van der Waals surface area contributed by atoms with Crippen molar-refractivity contribution in [3.05, 3.63) is 58.1 Å². The minimum atomic E-state index is -0.263. The van der Waals surface area contributed by atoms with Crippen LogP contribution in [0.3, 0.4) is 0 Å². The van der Waals surface area contributed by atoms with Crippen LogP contribution in [0, 0.1) is 11.3 Å². The number of nitrogens with one attached hydrogen (secondary N) is 3. The lowest BCUT2D eigenvalue weighted by Crippen LogP contribution is -2.29. The van der Waals surface area contributed by atoms with Gasteiger partial charge in [0.1, 0.15) is 11.9 Å². The van der Waals surface area contributed by atoms with Gasteiger partial charge < -0.3 is 15.6 Å². The van der Waals surface area contributed by atoms with Crippen LogP contribution in [0.4, 0.5) is 5.82 Å². The van der Waals surface area contributed by atoms with Crippen molar-refractivity contribution in [2.24, 2.45) is 0 Å². The average Bonchev–Trinajstić information content (AvgIpc) is 2.52. The van der Waals surface area contributed by atoms with Crippen LogP contribution in [0.2, 0.25) is 0 Å². The summed E-state index contributed by atoms with van der Waals surface area (Å²) < 4.78 is 0. The molecule has 2 aromatic heterocycles. The summed E-state index contributed by atoms with van der Waals surface area (Å²) in [5, 5.41) is 14.4. The summed E-state index contributed by atoms with van der Waals surface area (Å²) in [7, 11) is 0. The van der Waals surface area contributed by atoms with E-state index in [0.717, 1.165) is 0 Å². The number of carbonyl (C=O) groups is 1. The molecule has 0 saturated carbocycles. The third-order valence-electron chi connectivity index (χ3n) is 2.66. The first-order valence-electron chi connectivity index (χ1n) is 6.26. The highest BCUT2D eigenvalue weighted by atomic mass is 16.1. The number of anilines is 1. The zero-order valence-electron chi connectivity index (χ0n) is 11.1. The number of H-pyrrole nitrogens is 1. The lowest BCUT2D eigenvalue weighted by atomic mass is 10.2. The monoisotopic (exact) mass is 283 g/mol. The summed E-state index contributed by atoms with van der Waals surface area (Å²) in [6, 6.07) is 8.11. The van der Waals surface area contributed by atoms with Gasteiger partial charge in [-0.1, -0.05) is 0 Å². The molecule has 0 aromatic carbocycles. The summed E-state index contributed by atoms with van der Waals surface area (Å²) >= 11 is 0. The van der Waals surface area contributed by atoms with Crippen LogP contribution in [0.5, 0.6) is 0 Å². The van der Waals surface area contributed by atoms with Crippen LogP contribution in [0.15, 0.2) is 41.5 Å². The zero-order valence-corrected chi connectivity index (χ0v) is 11.1. The van der Waals surface area contributed by atoms with Gasteiger partial charge in [0.15, 0.2) is 0 Å². The third kappa shape index (κ3) is 4.18. The van der Waals surface area contributed by atoms with Gasteiger partial charge >= 0.3 is 0 Å². The van der Waals surface area contributed by atoms with E-state index in [1.54, 1.807) is 12.1 Å². The number of amides is 1. The number of pyridine rings is 2. The van der Waals surface area contributed by atoms with Crippen molar-refractivity contribution in [1.29, 1.82) is 5.26 Å². The van der Waals surface area contributed by atoms with Crippen molar-refractivity contribution in [2.45, 2.75) is 0 Å². The summed E-state index contributed by atoms with van der Waals surface area (Å²) in [6.07, 6.45) is 2.84. The largest absolute Gasteiger partial charge is 0.368 e. The number of aromatic nitrogens is 2. The molecule has 2 aromatic rings. The smallest absolute Gasteiger partial charge is 0.252 e. The van der Waals surface area contributed by atoms with Gasteiger partial charge in [-0.3, -0.25) is 9.59 Å². The second kappa shape index (κ2) is 6.86. The highest BCUT2D eigenvalue weighted by Gasteiger charge is 2.04. The van der Waals surface area contributed by atoms with Crippen molar-refractivity contribution in [3.8, 4) is 6.07 Å². The normalized spacial score (nSPS) is 9.67. The van der Waals surface area contributed by atoms with Gasteiger partial charge in [-0.2, -0.15) is 5.26 Å². The predicted molar refractivity (Wildman–Crippen MR) is 76.8 cm³/mol. The molecule has 0 atom stereocenters. The molecule has 0 aliphatic rings. The van der Waals surface area contributed by atoms with Crippen molar-refractivity contribution < 1.29 is 4.79 Å². The van der Waals surface area contributed by atoms with Gasteiger partial charge in [-0.15, -0.1) is 0 Å². The van der Waals surface area contributed by atoms with Crippen molar-refractivity contribution >= 4 is 11.7 Å². The number of aromatic amines is 1. The molecule has 0 spiro atoms. The van der Waals surface area contributed by atoms with Gasteiger partial charge in [-0.25, -0.2) is 4.98 Å². The number of carbonyl (C=O) groups excluding carboxylic acids is 1. The Morgan fingerprint density at radius 3 is 2.76 bits per heavy atom. The average molecular weight is 283 g/mol. The topological polar surface area (TPSA) is 111 Å². The van der Waals surface area contributed by atoms with Gasteiger partial charge in [0.2, 0.25) is 5.56 Å². The summed E-state index contributed by atoms with van der Waals surface area (Å²) in [4.78, 5) is 29.1. The second-order valence-corrected chi connectivity index (χ2v) is 4.17. The number of nitriles is 1. The van der Waals surface area contributed by atoms with E-state index < -0.39 is 0 Å². The van der Waals surface area contributed by atoms with Crippen LogP contribution in [-0.4, -0.2) is 29.0 Å². The minimum Gasteiger partial charge on any atom is -0.368 e. The van der Waals surface area contributed by atoms with Crippen molar-refractivity contribution in [3.63, 3.8) is 0 Å². The first-order valence-corrected chi connectivity index (χ1v) is 6.26. The summed E-state index contributed by atoms with van der Waals surface area (Å²) in [5.74, 6) is 0.369. The standard InChI is InChI=1S/C14H13N5O2/c15-7-10-1-3-12(18-8-10)16-5-6-17-14(21)11-2-4-13(20)19-9-11/h1-4,8-9H,5-6H2,(H,16,18)(H,17,21)(H,19,20). The van der Waals surface area contributed by atoms with E-state index in [1.165, 1.54) is 24.5 Å². The first kappa shape index (κ1) is 14.3. The number of rotatable bonds is 5. The molecule has 0 saturated heterocycles. The Balaban J connectivity index is 1.76. The van der Waals surface area contributed by atoms with E-state index in [0.29, 0.717) is 30.0 Å². The van der Waals surface area contributed by atoms with E-state index in [4.69, 9.17) is 5.26 Å². The fourth-order valence-corrected chi connectivity index (χ4v) is 1.59. The maximum atomic E-state index is 11.7. The number of nitrogens with zero attached hydrogens (tertiary/aromatic N) is 2. The molecule has 7 nitrogen and oxygen atoms in total. The maximum absolute atomic E-state index is 11.7. The Kier molecular flexibility index (Phi) is 4.66. The van der Waals surface area contributed by atoms with Crippen molar-refractivity contribution in [2.75, 3.05) is 18.4 Å². The molecule has 0 unspecified atom stereocenters. The maximum Gasteiger partial charge on any atom is 0.252 e. The molecule has 2 heterocycles. The molecule has 2 rings (SSSR count). The molecule has 0 aliphatic carbocycles. The highest BCUT2D eigenvalue weighted by Crippen LogP contribution is 2.02. The number of hydrogen-bond donors (Lipinski definition) is 3. The molecule has 7 heteroatoms. The van der Waals surface area contributed by atoms with Crippen LogP contribution in [0.25, 0.3) is 0 Å². The molecule has 0 aliphatic heterocycles. The summed E-state index contributed by atoms with van der Waals surface area (Å²) in [6.45, 7) is 0.896. The van der Waals surface area contributed by atoms with Gasteiger partial charge in [0.25, 0.3) is 5.91 Å². The Hall–Kier alpha value is -3.14. The second-order valence-electron chi connectivity index (χ2n) is 4.17. The fraction of sp³-hybridized carbons (Fsp3) is 0.143. The molecule has 0 bridgehead atoms. The lowest BCUT2D eigenvalue weighted by molar-refractivity contribution is 0.0955. The molecule has 106 valence electrons. The zero-order chi connectivity index (χ0) is 15.1. The highest BCUT2D eigenvalue weighted by molar-refractivity contribution is 5.93.